The van der Waals surface area contributed by atoms with Crippen LogP contribution in [0.15, 0.2) is 65.1 Å². The lowest BCUT2D eigenvalue weighted by Crippen LogP contribution is -2.37. The summed E-state index contributed by atoms with van der Waals surface area (Å²) < 4.78 is 34.5. The summed E-state index contributed by atoms with van der Waals surface area (Å²) in [6.07, 6.45) is 0.569. The van der Waals surface area contributed by atoms with Gasteiger partial charge < -0.3 is 33.0 Å². The first-order chi connectivity index (χ1) is 19.2. The first-order valence-electron chi connectivity index (χ1n) is 12.7. The normalized spacial score (nSPS) is 13.5. The van der Waals surface area contributed by atoms with Gasteiger partial charge >= 0.3 is 12.0 Å². The van der Waals surface area contributed by atoms with E-state index in [1.54, 1.807) is 14.2 Å². The fraction of sp³-hybridized carbons (Fsp3) is 0.276. The zero-order chi connectivity index (χ0) is 26.6. The van der Waals surface area contributed by atoms with Crippen LogP contribution < -0.4 is 23.8 Å². The predicted octanol–water partition coefficient (Wildman–Crippen LogP) is 5.04. The molecule has 0 spiro atoms. The van der Waals surface area contributed by atoms with Gasteiger partial charge in [0.05, 0.1) is 34.0 Å². The van der Waals surface area contributed by atoms with Gasteiger partial charge in [0.25, 0.3) is 0 Å². The summed E-state index contributed by atoms with van der Waals surface area (Å²) in [5.41, 5.74) is 2.56. The van der Waals surface area contributed by atoms with Gasteiger partial charge in [-0.1, -0.05) is 30.3 Å². The van der Waals surface area contributed by atoms with E-state index in [1.165, 1.54) is 0 Å². The van der Waals surface area contributed by atoms with Crippen LogP contribution in [0.4, 0.5) is 5.95 Å². The Kier molecular flexibility index (Phi) is 7.01. The number of morpholine rings is 1. The number of rotatable bonds is 9. The van der Waals surface area contributed by atoms with Crippen LogP contribution in [0.2, 0.25) is 0 Å². The first kappa shape index (κ1) is 24.7. The van der Waals surface area contributed by atoms with Crippen LogP contribution >= 0.6 is 0 Å². The van der Waals surface area contributed by atoms with Crippen molar-refractivity contribution in [1.29, 1.82) is 0 Å². The van der Waals surface area contributed by atoms with E-state index in [0.717, 1.165) is 27.5 Å². The van der Waals surface area contributed by atoms with Gasteiger partial charge in [-0.25, -0.2) is 0 Å². The van der Waals surface area contributed by atoms with Crippen molar-refractivity contribution in [3.63, 3.8) is 0 Å². The Bertz CT molecular complexity index is 1600. The summed E-state index contributed by atoms with van der Waals surface area (Å²) in [5, 5.41) is 1.97. The molecule has 39 heavy (non-hydrogen) atoms. The molecule has 0 aliphatic carbocycles. The average molecular weight is 529 g/mol. The van der Waals surface area contributed by atoms with Gasteiger partial charge in [-0.05, 0) is 30.3 Å². The van der Waals surface area contributed by atoms with Gasteiger partial charge in [0.15, 0.2) is 11.5 Å². The summed E-state index contributed by atoms with van der Waals surface area (Å²) in [4.78, 5) is 15.6. The van der Waals surface area contributed by atoms with Gasteiger partial charge in [-0.3, -0.25) is 0 Å². The monoisotopic (exact) mass is 528 g/mol. The number of anilines is 1. The average Bonchev–Trinajstić information content (AvgIpc) is 3.35. The maximum Gasteiger partial charge on any atom is 0.330 e. The van der Waals surface area contributed by atoms with Crippen molar-refractivity contribution in [3.8, 4) is 29.3 Å². The van der Waals surface area contributed by atoms with Gasteiger partial charge in [-0.15, -0.1) is 4.98 Å². The smallest absolute Gasteiger partial charge is 0.330 e. The van der Waals surface area contributed by atoms with Crippen LogP contribution in [0, 0.1) is 0 Å². The Hall–Kier alpha value is -4.57. The Morgan fingerprint density at radius 1 is 0.821 bits per heavy atom. The number of benzene rings is 3. The lowest BCUT2D eigenvalue weighted by molar-refractivity contribution is 0.121. The van der Waals surface area contributed by atoms with Crippen LogP contribution in [-0.4, -0.2) is 62.1 Å². The van der Waals surface area contributed by atoms with Crippen LogP contribution in [0.25, 0.3) is 21.9 Å². The number of para-hydroxylation sites is 2. The molecule has 0 atom stereocenters. The predicted molar refractivity (Wildman–Crippen MR) is 145 cm³/mol. The molecule has 0 saturated carbocycles. The van der Waals surface area contributed by atoms with Gasteiger partial charge in [0, 0.05) is 35.8 Å². The number of nitrogens with zero attached hydrogens (tertiary/aromatic N) is 4. The molecule has 0 bridgehead atoms. The molecule has 1 aliphatic heterocycles. The second-order valence-corrected chi connectivity index (χ2v) is 8.91. The van der Waals surface area contributed by atoms with E-state index < -0.39 is 0 Å². The van der Waals surface area contributed by atoms with Crippen molar-refractivity contribution in [2.75, 3.05) is 52.0 Å². The molecule has 6 rings (SSSR count). The molecule has 10 nitrogen and oxygen atoms in total. The molecule has 1 aliphatic rings. The summed E-state index contributed by atoms with van der Waals surface area (Å²) >= 11 is 0. The Morgan fingerprint density at radius 2 is 1.64 bits per heavy atom. The number of hydrogen-bond donors (Lipinski definition) is 0. The van der Waals surface area contributed by atoms with E-state index in [1.807, 2.05) is 65.6 Å². The number of furan rings is 1. The quantitative estimate of drug-likeness (QED) is 0.259. The Labute approximate surface area is 225 Å². The van der Waals surface area contributed by atoms with Crippen LogP contribution in [0.5, 0.6) is 29.3 Å². The second-order valence-electron chi connectivity index (χ2n) is 8.91. The molecule has 2 aromatic heterocycles. The summed E-state index contributed by atoms with van der Waals surface area (Å²) in [6, 6.07) is 19.6. The molecule has 0 N–H and O–H groups in total. The second kappa shape index (κ2) is 11.0. The van der Waals surface area contributed by atoms with Crippen LogP contribution in [0.3, 0.4) is 0 Å². The van der Waals surface area contributed by atoms with Gasteiger partial charge in [-0.2, -0.15) is 9.97 Å². The lowest BCUT2D eigenvalue weighted by Gasteiger charge is -2.26. The highest BCUT2D eigenvalue weighted by Crippen LogP contribution is 2.33. The molecule has 1 fully saturated rings. The molecule has 0 radical (unpaired) electrons. The van der Waals surface area contributed by atoms with Crippen molar-refractivity contribution in [2.45, 2.75) is 6.42 Å². The molecule has 200 valence electrons. The molecular weight excluding hydrogens is 500 g/mol. The molecule has 3 aromatic carbocycles. The van der Waals surface area contributed by atoms with E-state index in [9.17, 15) is 0 Å². The molecule has 0 unspecified atom stereocenters. The minimum atomic E-state index is 0.146. The maximum absolute atomic E-state index is 6.13. The van der Waals surface area contributed by atoms with Crippen molar-refractivity contribution in [1.82, 2.24) is 15.0 Å². The highest BCUT2D eigenvalue weighted by molar-refractivity contribution is 6.05. The molecular formula is C29H28N4O6. The fourth-order valence-corrected chi connectivity index (χ4v) is 4.62. The number of fused-ring (bicyclic) bond motifs is 3. The number of methoxy groups -OCH3 is 2. The van der Waals surface area contributed by atoms with Crippen LogP contribution in [-0.2, 0) is 11.2 Å². The summed E-state index contributed by atoms with van der Waals surface area (Å²) in [7, 11) is 3.24. The van der Waals surface area contributed by atoms with Gasteiger partial charge in [0.2, 0.25) is 5.95 Å². The lowest BCUT2D eigenvalue weighted by atomic mass is 10.1. The largest absolute Gasteiger partial charge is 0.493 e. The highest BCUT2D eigenvalue weighted by atomic mass is 16.5. The molecule has 3 heterocycles. The molecule has 5 aromatic rings. The fourth-order valence-electron chi connectivity index (χ4n) is 4.62. The van der Waals surface area contributed by atoms with Crippen LogP contribution in [0.1, 0.15) is 5.56 Å². The third kappa shape index (κ3) is 5.23. The number of aromatic nitrogens is 3. The van der Waals surface area contributed by atoms with Crippen molar-refractivity contribution >= 4 is 27.9 Å². The van der Waals surface area contributed by atoms with E-state index in [4.69, 9.17) is 28.1 Å². The summed E-state index contributed by atoms with van der Waals surface area (Å²) in [5.74, 6) is 2.41. The molecule has 0 amide bonds. The van der Waals surface area contributed by atoms with E-state index in [2.05, 4.69) is 15.0 Å². The minimum Gasteiger partial charge on any atom is -0.493 e. The Morgan fingerprint density at radius 3 is 2.49 bits per heavy atom. The number of ether oxygens (including phenoxy) is 5. The highest BCUT2D eigenvalue weighted by Gasteiger charge is 2.19. The van der Waals surface area contributed by atoms with Gasteiger partial charge in [0.1, 0.15) is 16.9 Å². The zero-order valence-electron chi connectivity index (χ0n) is 21.8. The summed E-state index contributed by atoms with van der Waals surface area (Å²) in [6.45, 7) is 2.84. The standard InChI is InChI=1S/C29H28N4O6/c1-34-25-9-5-6-19(26(25)35-2)12-15-37-28-30-27(33-13-16-36-17-14-33)31-29(32-28)38-20-10-11-24-22(18-20)21-7-3-4-8-23(21)39-24/h3-11,18H,12-17H2,1-2H3. The molecule has 10 heteroatoms. The number of hydrogen-bond acceptors (Lipinski definition) is 10. The van der Waals surface area contributed by atoms with Crippen molar-refractivity contribution in [3.05, 3.63) is 66.2 Å². The topological polar surface area (TPSA) is 101 Å². The molecule has 1 saturated heterocycles. The third-order valence-corrected chi connectivity index (χ3v) is 6.52. The van der Waals surface area contributed by atoms with E-state index in [-0.39, 0.29) is 12.0 Å². The van der Waals surface area contributed by atoms with E-state index in [0.29, 0.717) is 62.5 Å². The van der Waals surface area contributed by atoms with Crippen molar-refractivity contribution in [2.24, 2.45) is 0 Å². The Balaban J connectivity index is 1.26. The zero-order valence-corrected chi connectivity index (χ0v) is 21.8. The van der Waals surface area contributed by atoms with E-state index >= 15 is 0 Å². The maximum atomic E-state index is 6.13. The third-order valence-electron chi connectivity index (χ3n) is 6.52. The first-order valence-corrected chi connectivity index (χ1v) is 12.7. The SMILES string of the molecule is COc1cccc(CCOc2nc(Oc3ccc4oc5ccccc5c4c3)nc(N3CCOCC3)n2)c1OC. The minimum absolute atomic E-state index is 0.146. The van der Waals surface area contributed by atoms with Crippen molar-refractivity contribution < 1.29 is 28.1 Å².